The van der Waals surface area contributed by atoms with Gasteiger partial charge in [0.25, 0.3) is 0 Å². The van der Waals surface area contributed by atoms with E-state index in [1.54, 1.807) is 0 Å². The second-order valence-corrected chi connectivity index (χ2v) is 5.50. The highest BCUT2D eigenvalue weighted by molar-refractivity contribution is 5.73. The van der Waals surface area contributed by atoms with Gasteiger partial charge in [0, 0.05) is 25.7 Å². The fourth-order valence-electron chi connectivity index (χ4n) is 2.99. The maximum absolute atomic E-state index is 11.7. The van der Waals surface area contributed by atoms with Crippen molar-refractivity contribution in [2.45, 2.75) is 51.2 Å². The number of carbonyl (C=O) groups excluding carboxylic acids is 1. The van der Waals surface area contributed by atoms with Crippen LogP contribution in [0.5, 0.6) is 0 Å². The van der Waals surface area contributed by atoms with Crippen molar-refractivity contribution in [3.8, 4) is 0 Å². The van der Waals surface area contributed by atoms with Crippen molar-refractivity contribution in [1.29, 1.82) is 0 Å². The van der Waals surface area contributed by atoms with E-state index < -0.39 is 0 Å². The summed E-state index contributed by atoms with van der Waals surface area (Å²) < 4.78 is 5.48. The van der Waals surface area contributed by atoms with E-state index in [-0.39, 0.29) is 12.1 Å². The van der Waals surface area contributed by atoms with Gasteiger partial charge in [0.2, 0.25) is 0 Å². The molecule has 19 heavy (non-hydrogen) atoms. The monoisotopic (exact) mass is 269 g/mol. The van der Waals surface area contributed by atoms with Gasteiger partial charge < -0.3 is 15.4 Å². The van der Waals surface area contributed by atoms with Crippen molar-refractivity contribution in [2.75, 3.05) is 32.8 Å². The average Bonchev–Trinajstić information content (AvgIpc) is 2.96. The number of carbonyl (C=O) groups is 1. The van der Waals surface area contributed by atoms with Crippen LogP contribution in [0.1, 0.15) is 39.0 Å². The van der Waals surface area contributed by atoms with Gasteiger partial charge >= 0.3 is 6.03 Å². The summed E-state index contributed by atoms with van der Waals surface area (Å²) in [5.41, 5.74) is 0. The molecule has 0 aromatic rings. The maximum Gasteiger partial charge on any atom is 0.314 e. The molecule has 110 valence electrons. The Morgan fingerprint density at radius 2 is 2.05 bits per heavy atom. The Balaban J connectivity index is 1.61. The molecular weight excluding hydrogens is 242 g/mol. The molecule has 0 aliphatic carbocycles. The molecule has 2 aliphatic rings. The molecule has 5 nitrogen and oxygen atoms in total. The first-order valence-electron chi connectivity index (χ1n) is 7.67. The number of rotatable bonds is 5. The Bertz CT molecular complexity index is 280. The Labute approximate surface area is 116 Å². The van der Waals surface area contributed by atoms with Crippen LogP contribution in [-0.2, 0) is 4.74 Å². The van der Waals surface area contributed by atoms with Gasteiger partial charge in [0.1, 0.15) is 0 Å². The molecule has 0 spiro atoms. The summed E-state index contributed by atoms with van der Waals surface area (Å²) >= 11 is 0. The predicted molar refractivity (Wildman–Crippen MR) is 75.3 cm³/mol. The summed E-state index contributed by atoms with van der Waals surface area (Å²) in [7, 11) is 0. The zero-order valence-corrected chi connectivity index (χ0v) is 12.0. The molecule has 2 amide bonds. The van der Waals surface area contributed by atoms with E-state index in [1.165, 1.54) is 25.8 Å². The number of amides is 2. The van der Waals surface area contributed by atoms with Gasteiger partial charge in [-0.25, -0.2) is 4.79 Å². The van der Waals surface area contributed by atoms with Crippen molar-refractivity contribution in [2.24, 2.45) is 0 Å². The minimum Gasteiger partial charge on any atom is -0.376 e. The van der Waals surface area contributed by atoms with E-state index >= 15 is 0 Å². The largest absolute Gasteiger partial charge is 0.376 e. The lowest BCUT2D eigenvalue weighted by Crippen LogP contribution is -2.49. The van der Waals surface area contributed by atoms with Gasteiger partial charge in [-0.05, 0) is 38.8 Å². The third kappa shape index (κ3) is 4.66. The molecule has 2 aliphatic heterocycles. The van der Waals surface area contributed by atoms with Crippen LogP contribution < -0.4 is 10.6 Å². The molecule has 2 atom stereocenters. The molecule has 2 heterocycles. The molecule has 0 unspecified atom stereocenters. The van der Waals surface area contributed by atoms with Gasteiger partial charge in [-0.2, -0.15) is 0 Å². The third-order valence-corrected chi connectivity index (χ3v) is 4.17. The molecule has 0 aromatic heterocycles. The highest BCUT2D eigenvalue weighted by Gasteiger charge is 2.21. The number of likely N-dealkylation sites (N-methyl/N-ethyl adjacent to an activating group) is 1. The Morgan fingerprint density at radius 3 is 2.79 bits per heavy atom. The van der Waals surface area contributed by atoms with Crippen molar-refractivity contribution >= 4 is 6.03 Å². The molecule has 2 rings (SSSR count). The quantitative estimate of drug-likeness (QED) is 0.792. The molecule has 0 radical (unpaired) electrons. The van der Waals surface area contributed by atoms with Crippen LogP contribution in [0.25, 0.3) is 0 Å². The lowest BCUT2D eigenvalue weighted by molar-refractivity contribution is 0.111. The Kier molecular flexibility index (Phi) is 5.92. The van der Waals surface area contributed by atoms with Crippen LogP contribution >= 0.6 is 0 Å². The fourth-order valence-corrected chi connectivity index (χ4v) is 2.99. The number of nitrogens with zero attached hydrogens (tertiary/aromatic N) is 1. The first-order valence-corrected chi connectivity index (χ1v) is 7.67. The van der Waals surface area contributed by atoms with Crippen LogP contribution in [0.3, 0.4) is 0 Å². The van der Waals surface area contributed by atoms with E-state index in [4.69, 9.17) is 4.74 Å². The highest BCUT2D eigenvalue weighted by Crippen LogP contribution is 2.15. The molecule has 0 aromatic carbocycles. The summed E-state index contributed by atoms with van der Waals surface area (Å²) in [4.78, 5) is 14.2. The topological polar surface area (TPSA) is 53.6 Å². The summed E-state index contributed by atoms with van der Waals surface area (Å²) in [5.74, 6) is 0. The van der Waals surface area contributed by atoms with Crippen LogP contribution in [0.15, 0.2) is 0 Å². The average molecular weight is 269 g/mol. The number of hydrogen-bond donors (Lipinski definition) is 2. The lowest BCUT2D eigenvalue weighted by Gasteiger charge is -2.34. The van der Waals surface area contributed by atoms with Crippen molar-refractivity contribution in [3.05, 3.63) is 0 Å². The minimum atomic E-state index is -0.0582. The zero-order valence-electron chi connectivity index (χ0n) is 12.0. The molecule has 0 bridgehead atoms. The van der Waals surface area contributed by atoms with Gasteiger partial charge in [0.15, 0.2) is 0 Å². The highest BCUT2D eigenvalue weighted by atomic mass is 16.5. The molecule has 0 saturated carbocycles. The van der Waals surface area contributed by atoms with Gasteiger partial charge in [-0.15, -0.1) is 0 Å². The Morgan fingerprint density at radius 1 is 1.21 bits per heavy atom. The van der Waals surface area contributed by atoms with E-state index in [0.29, 0.717) is 12.6 Å². The van der Waals surface area contributed by atoms with Gasteiger partial charge in [-0.3, -0.25) is 4.90 Å². The standard InChI is InChI=1S/C14H27N3O2/c1-2-17-8-4-3-6-12(17)10-15-14(18)16-11-13-7-5-9-19-13/h12-13H,2-11H2,1H3,(H2,15,16,18)/t12-,13+/m0/s1. The lowest BCUT2D eigenvalue weighted by atomic mass is 10.0. The second-order valence-electron chi connectivity index (χ2n) is 5.50. The maximum atomic E-state index is 11.7. The van der Waals surface area contributed by atoms with Crippen molar-refractivity contribution < 1.29 is 9.53 Å². The molecular formula is C14H27N3O2. The smallest absolute Gasteiger partial charge is 0.314 e. The Hall–Kier alpha value is -0.810. The summed E-state index contributed by atoms with van der Waals surface area (Å²) in [6.07, 6.45) is 6.15. The van der Waals surface area contributed by atoms with Crippen molar-refractivity contribution in [3.63, 3.8) is 0 Å². The number of piperidine rings is 1. The van der Waals surface area contributed by atoms with Crippen LogP contribution in [0.4, 0.5) is 4.79 Å². The van der Waals surface area contributed by atoms with E-state index in [2.05, 4.69) is 22.5 Å². The van der Waals surface area contributed by atoms with Crippen LogP contribution in [0, 0.1) is 0 Å². The number of likely N-dealkylation sites (tertiary alicyclic amines) is 1. The predicted octanol–water partition coefficient (Wildman–Crippen LogP) is 1.34. The normalized spacial score (nSPS) is 28.3. The van der Waals surface area contributed by atoms with Crippen molar-refractivity contribution in [1.82, 2.24) is 15.5 Å². The number of urea groups is 1. The molecule has 2 fully saturated rings. The summed E-state index contributed by atoms with van der Waals surface area (Å²) in [5, 5.41) is 5.90. The third-order valence-electron chi connectivity index (χ3n) is 4.17. The SMILES string of the molecule is CCN1CCCC[C@H]1CNC(=O)NC[C@H]1CCCO1. The van der Waals surface area contributed by atoms with E-state index in [1.807, 2.05) is 0 Å². The van der Waals surface area contributed by atoms with E-state index in [0.717, 1.165) is 32.5 Å². The fraction of sp³-hybridized carbons (Fsp3) is 0.929. The van der Waals surface area contributed by atoms with Gasteiger partial charge in [-0.1, -0.05) is 13.3 Å². The molecule has 2 N–H and O–H groups in total. The number of ether oxygens (including phenoxy) is 1. The number of hydrogen-bond acceptors (Lipinski definition) is 3. The van der Waals surface area contributed by atoms with Gasteiger partial charge in [0.05, 0.1) is 6.10 Å². The molecule has 5 heteroatoms. The summed E-state index contributed by atoms with van der Waals surface area (Å²) in [6, 6.07) is 0.448. The minimum absolute atomic E-state index is 0.0582. The van der Waals surface area contributed by atoms with Crippen LogP contribution in [-0.4, -0.2) is 55.9 Å². The second kappa shape index (κ2) is 7.70. The first kappa shape index (κ1) is 14.6. The number of nitrogens with one attached hydrogen (secondary N) is 2. The zero-order chi connectivity index (χ0) is 13.5. The van der Waals surface area contributed by atoms with E-state index in [9.17, 15) is 4.79 Å². The first-order chi connectivity index (χ1) is 9.29. The summed E-state index contributed by atoms with van der Waals surface area (Å²) in [6.45, 7) is 6.65. The molecule has 2 saturated heterocycles. The van der Waals surface area contributed by atoms with Crippen LogP contribution in [0.2, 0.25) is 0 Å².